The van der Waals surface area contributed by atoms with Crippen molar-refractivity contribution < 1.29 is 44.1 Å². The summed E-state index contributed by atoms with van der Waals surface area (Å²) < 4.78 is 0. The van der Waals surface area contributed by atoms with Crippen LogP contribution in [0.3, 0.4) is 0 Å². The van der Waals surface area contributed by atoms with E-state index in [0.717, 1.165) is 90.0 Å². The predicted octanol–water partition coefficient (Wildman–Crippen LogP) is 0.850. The Labute approximate surface area is 358 Å². The fourth-order valence-corrected chi connectivity index (χ4v) is 6.49. The Morgan fingerprint density at radius 1 is 0.617 bits per heavy atom. The maximum absolute atomic E-state index is 12.2. The van der Waals surface area contributed by atoms with Gasteiger partial charge >= 0.3 is 23.9 Å². The number of thiocarbonyl (C=S) groups is 1. The molecule has 60 heavy (non-hydrogen) atoms. The van der Waals surface area contributed by atoms with Crippen molar-refractivity contribution in [3.63, 3.8) is 0 Å². The standard InChI is InChI=1S/C40H68N10O9S/c51-34(45-18-6-5-9-32(37(55)56)49-39(59)50-33(38(57)58)16-17-36(53)54)10-3-1-2-4-11-35(52)46-19-7-8-20-47-40(60)48-30-14-12-29(13-15-30)27-31-28-43-24-23-41-21-22-42-25-26-44-31/h12-15,31-33,41-44H,1-11,16-28H2,(H,45,51)(H,46,52)(H,53,54)(H,55,56)(H,57,58)(H2,47,48,60)(H2,49,50,59). The monoisotopic (exact) mass is 864 g/mol. The van der Waals surface area contributed by atoms with Crippen LogP contribution in [0.25, 0.3) is 0 Å². The largest absolute Gasteiger partial charge is 0.481 e. The van der Waals surface area contributed by atoms with Crippen LogP contribution in [0.5, 0.6) is 0 Å². The molecule has 2 rings (SSSR count). The molecule has 1 aromatic rings. The summed E-state index contributed by atoms with van der Waals surface area (Å²) in [5.74, 6) is -4.08. The maximum Gasteiger partial charge on any atom is 0.326 e. The molecule has 338 valence electrons. The first-order chi connectivity index (χ1) is 28.9. The van der Waals surface area contributed by atoms with Crippen LogP contribution in [-0.2, 0) is 30.4 Å². The SMILES string of the molecule is O=C(O)CCC(NC(=O)NC(CCCCNC(=O)CCCCCCC(=O)NCCCCNC(=S)Nc1ccc(CC2CNCCNCCNCCN2)cc1)C(=O)O)C(=O)O. The van der Waals surface area contributed by atoms with Gasteiger partial charge in [0, 0.05) is 96.4 Å². The number of carbonyl (C=O) groups excluding carboxylic acids is 3. The Morgan fingerprint density at radius 2 is 1.13 bits per heavy atom. The minimum absolute atomic E-state index is 0.00944. The van der Waals surface area contributed by atoms with Gasteiger partial charge in [0.2, 0.25) is 11.8 Å². The van der Waals surface area contributed by atoms with Gasteiger partial charge in [0.15, 0.2) is 5.11 Å². The molecule has 1 aliphatic rings. The van der Waals surface area contributed by atoms with E-state index in [1.807, 2.05) is 12.1 Å². The number of benzene rings is 1. The average Bonchev–Trinajstić information content (AvgIpc) is 3.20. The van der Waals surface area contributed by atoms with Crippen molar-refractivity contribution in [1.82, 2.24) is 47.9 Å². The zero-order valence-electron chi connectivity index (χ0n) is 34.7. The molecule has 0 saturated carbocycles. The van der Waals surface area contributed by atoms with E-state index < -0.39 is 42.4 Å². The highest BCUT2D eigenvalue weighted by atomic mass is 32.1. The fraction of sp³-hybridized carbons (Fsp3) is 0.675. The molecule has 1 heterocycles. The Hall–Kier alpha value is -4.63. The van der Waals surface area contributed by atoms with Crippen molar-refractivity contribution in [2.45, 2.75) is 108 Å². The van der Waals surface area contributed by atoms with E-state index in [-0.39, 0.29) is 24.7 Å². The Bertz CT molecular complexity index is 1450. The third kappa shape index (κ3) is 26.5. The van der Waals surface area contributed by atoms with Gasteiger partial charge in [0.05, 0.1) is 0 Å². The minimum Gasteiger partial charge on any atom is -0.481 e. The second-order valence-electron chi connectivity index (χ2n) is 14.8. The summed E-state index contributed by atoms with van der Waals surface area (Å²) in [5, 5.41) is 58.4. The lowest BCUT2D eigenvalue weighted by molar-refractivity contribution is -0.141. The molecule has 1 saturated heterocycles. The number of hydrogen-bond donors (Lipinski definition) is 13. The number of unbranched alkanes of at least 4 members (excludes halogenated alkanes) is 5. The number of carboxylic acids is 3. The van der Waals surface area contributed by atoms with Crippen LogP contribution in [-0.4, -0.2) is 140 Å². The van der Waals surface area contributed by atoms with Gasteiger partial charge in [0.1, 0.15) is 12.1 Å². The summed E-state index contributed by atoms with van der Waals surface area (Å²) in [6.07, 6.45) is 6.48. The highest BCUT2D eigenvalue weighted by Gasteiger charge is 2.24. The molecule has 0 radical (unpaired) electrons. The molecule has 0 aromatic heterocycles. The van der Waals surface area contributed by atoms with E-state index in [2.05, 4.69) is 65.3 Å². The van der Waals surface area contributed by atoms with Crippen molar-refractivity contribution in [2.24, 2.45) is 0 Å². The zero-order chi connectivity index (χ0) is 43.8. The number of urea groups is 1. The highest BCUT2D eigenvalue weighted by Crippen LogP contribution is 2.12. The number of carbonyl (C=O) groups is 6. The van der Waals surface area contributed by atoms with Crippen molar-refractivity contribution in [3.8, 4) is 0 Å². The molecule has 19 nitrogen and oxygen atoms in total. The number of carboxylic acid groups (broad SMARTS) is 3. The quantitative estimate of drug-likeness (QED) is 0.0431. The normalized spacial score (nSPS) is 15.8. The van der Waals surface area contributed by atoms with Crippen LogP contribution in [0, 0.1) is 0 Å². The summed E-state index contributed by atoms with van der Waals surface area (Å²) in [4.78, 5) is 70.0. The third-order valence-corrected chi connectivity index (χ3v) is 9.89. The molecule has 0 bridgehead atoms. The van der Waals surface area contributed by atoms with Gasteiger partial charge in [0.25, 0.3) is 0 Å². The Balaban J connectivity index is 1.45. The first-order valence-corrected chi connectivity index (χ1v) is 21.6. The van der Waals surface area contributed by atoms with Gasteiger partial charge in [-0.2, -0.15) is 0 Å². The molecule has 1 aromatic carbocycles. The minimum atomic E-state index is -1.48. The van der Waals surface area contributed by atoms with Crippen LogP contribution < -0.4 is 53.2 Å². The first kappa shape index (κ1) is 51.5. The molecule has 0 spiro atoms. The smallest absolute Gasteiger partial charge is 0.326 e. The molecule has 3 unspecified atom stereocenters. The van der Waals surface area contributed by atoms with Gasteiger partial charge in [-0.1, -0.05) is 25.0 Å². The molecule has 1 aliphatic heterocycles. The molecule has 3 atom stereocenters. The van der Waals surface area contributed by atoms with E-state index in [4.69, 9.17) is 22.4 Å². The number of amides is 4. The van der Waals surface area contributed by atoms with Gasteiger partial charge < -0.3 is 68.5 Å². The van der Waals surface area contributed by atoms with Crippen molar-refractivity contribution in [2.75, 3.05) is 70.8 Å². The molecule has 20 heteroatoms. The highest BCUT2D eigenvalue weighted by molar-refractivity contribution is 7.80. The average molecular weight is 865 g/mol. The van der Waals surface area contributed by atoms with Crippen LogP contribution in [0.1, 0.15) is 89.0 Å². The number of anilines is 1. The van der Waals surface area contributed by atoms with E-state index in [9.17, 15) is 33.9 Å². The molecule has 13 N–H and O–H groups in total. The number of rotatable bonds is 27. The van der Waals surface area contributed by atoms with E-state index in [1.165, 1.54) is 5.56 Å². The van der Waals surface area contributed by atoms with E-state index in [1.54, 1.807) is 0 Å². The summed E-state index contributed by atoms with van der Waals surface area (Å²) in [6, 6.07) is 4.92. The number of hydrogen-bond acceptors (Lipinski definition) is 11. The number of nitrogens with one attached hydrogen (secondary N) is 10. The lowest BCUT2D eigenvalue weighted by Crippen LogP contribution is -2.51. The molecule has 0 aliphatic carbocycles. The summed E-state index contributed by atoms with van der Waals surface area (Å²) >= 11 is 5.47. The first-order valence-electron chi connectivity index (χ1n) is 21.2. The topological polar surface area (TPSA) is 283 Å². The number of aliphatic carboxylic acids is 3. The summed E-state index contributed by atoms with van der Waals surface area (Å²) in [5.41, 5.74) is 2.19. The third-order valence-electron chi connectivity index (χ3n) is 9.64. The Kier molecular flexibility index (Phi) is 27.6. The van der Waals surface area contributed by atoms with E-state index >= 15 is 0 Å². The summed E-state index contributed by atoms with van der Waals surface area (Å²) in [7, 11) is 0. The van der Waals surface area contributed by atoms with Gasteiger partial charge in [-0.3, -0.25) is 14.4 Å². The van der Waals surface area contributed by atoms with Gasteiger partial charge in [-0.15, -0.1) is 0 Å². The van der Waals surface area contributed by atoms with Crippen molar-refractivity contribution in [1.29, 1.82) is 0 Å². The predicted molar refractivity (Wildman–Crippen MR) is 233 cm³/mol. The van der Waals surface area contributed by atoms with Crippen LogP contribution in [0.2, 0.25) is 0 Å². The lowest BCUT2D eigenvalue weighted by Gasteiger charge is -2.21. The summed E-state index contributed by atoms with van der Waals surface area (Å²) in [6.45, 7) is 8.27. The molecular formula is C40H68N10O9S. The second-order valence-corrected chi connectivity index (χ2v) is 15.2. The van der Waals surface area contributed by atoms with Crippen molar-refractivity contribution >= 4 is 58.8 Å². The fourth-order valence-electron chi connectivity index (χ4n) is 6.27. The second kappa shape index (κ2) is 32.2. The zero-order valence-corrected chi connectivity index (χ0v) is 35.5. The van der Waals surface area contributed by atoms with Gasteiger partial charge in [-0.25, -0.2) is 14.4 Å². The van der Waals surface area contributed by atoms with Crippen LogP contribution in [0.4, 0.5) is 10.5 Å². The van der Waals surface area contributed by atoms with Crippen LogP contribution >= 0.6 is 12.2 Å². The lowest BCUT2D eigenvalue weighted by atomic mass is 10.1. The van der Waals surface area contributed by atoms with E-state index in [0.29, 0.717) is 62.9 Å². The van der Waals surface area contributed by atoms with Crippen molar-refractivity contribution in [3.05, 3.63) is 29.8 Å². The Morgan fingerprint density at radius 3 is 1.70 bits per heavy atom. The molecule has 4 amide bonds. The van der Waals surface area contributed by atoms with Crippen LogP contribution in [0.15, 0.2) is 24.3 Å². The maximum atomic E-state index is 12.2. The molecular weight excluding hydrogens is 797 g/mol. The molecule has 1 fully saturated rings. The van der Waals surface area contributed by atoms with Gasteiger partial charge in [-0.05, 0) is 87.7 Å².